The van der Waals surface area contributed by atoms with Gasteiger partial charge in [-0.2, -0.15) is 0 Å². The summed E-state index contributed by atoms with van der Waals surface area (Å²) in [5.41, 5.74) is 3.99. The number of phenols is 1. The zero-order valence-corrected chi connectivity index (χ0v) is 15.8. The number of benzene rings is 3. The first-order chi connectivity index (χ1) is 14.1. The van der Waals surface area contributed by atoms with E-state index in [1.54, 1.807) is 73.8 Å². The zero-order valence-electron chi connectivity index (χ0n) is 15.8. The van der Waals surface area contributed by atoms with Gasteiger partial charge in [0.1, 0.15) is 5.75 Å². The van der Waals surface area contributed by atoms with E-state index in [2.05, 4.69) is 4.98 Å². The molecular weight excluding hydrogens is 366 g/mol. The van der Waals surface area contributed by atoms with E-state index in [0.717, 1.165) is 16.5 Å². The number of carbonyl (C=O) groups excluding carboxylic acids is 1. The molecule has 4 aromatic rings. The van der Waals surface area contributed by atoms with Crippen LogP contribution < -0.4 is 4.74 Å². The third-order valence-electron chi connectivity index (χ3n) is 4.79. The van der Waals surface area contributed by atoms with Crippen molar-refractivity contribution in [1.29, 1.82) is 0 Å². The smallest absolute Gasteiger partial charge is 0.214 e. The number of rotatable bonds is 5. The van der Waals surface area contributed by atoms with Crippen LogP contribution in [-0.2, 0) is 6.61 Å². The van der Waals surface area contributed by atoms with Crippen molar-refractivity contribution in [2.45, 2.75) is 6.61 Å². The maximum absolute atomic E-state index is 13.0. The van der Waals surface area contributed by atoms with Gasteiger partial charge < -0.3 is 14.9 Å². The molecule has 0 aliphatic rings. The maximum Gasteiger partial charge on any atom is 0.214 e. The number of hydrogen-bond acceptors (Lipinski definition) is 5. The van der Waals surface area contributed by atoms with Crippen LogP contribution in [0, 0.1) is 0 Å². The normalized spacial score (nSPS) is 10.8. The zero-order chi connectivity index (χ0) is 20.4. The number of carbonyl (C=O) groups is 1. The second kappa shape index (κ2) is 7.73. The van der Waals surface area contributed by atoms with Gasteiger partial charge in [0.15, 0.2) is 5.78 Å². The van der Waals surface area contributed by atoms with Gasteiger partial charge in [-0.25, -0.2) is 4.98 Å². The molecule has 0 atom stereocenters. The molecule has 0 amide bonds. The van der Waals surface area contributed by atoms with E-state index in [1.807, 2.05) is 6.07 Å². The highest BCUT2D eigenvalue weighted by Gasteiger charge is 2.14. The average Bonchev–Trinajstić information content (AvgIpc) is 2.77. The summed E-state index contributed by atoms with van der Waals surface area (Å²) in [7, 11) is 1.55. The Morgan fingerprint density at radius 1 is 0.966 bits per heavy atom. The molecule has 4 rings (SSSR count). The highest BCUT2D eigenvalue weighted by atomic mass is 16.5. The van der Waals surface area contributed by atoms with Gasteiger partial charge in [-0.15, -0.1) is 0 Å². The monoisotopic (exact) mass is 385 g/mol. The fourth-order valence-electron chi connectivity index (χ4n) is 3.34. The third-order valence-corrected chi connectivity index (χ3v) is 4.79. The lowest BCUT2D eigenvalue weighted by atomic mass is 9.96. The molecular formula is C24H19NO4. The summed E-state index contributed by atoms with van der Waals surface area (Å²) >= 11 is 0. The van der Waals surface area contributed by atoms with Gasteiger partial charge in [0.25, 0.3) is 0 Å². The van der Waals surface area contributed by atoms with E-state index in [9.17, 15) is 15.0 Å². The number of pyridine rings is 1. The van der Waals surface area contributed by atoms with Gasteiger partial charge in [0, 0.05) is 22.6 Å². The summed E-state index contributed by atoms with van der Waals surface area (Å²) in [5, 5.41) is 20.0. The molecule has 5 heteroatoms. The number of hydrogen-bond donors (Lipinski definition) is 2. The second-order valence-electron chi connectivity index (χ2n) is 6.68. The summed E-state index contributed by atoms with van der Waals surface area (Å²) in [5.74, 6) is 0.463. The summed E-state index contributed by atoms with van der Waals surface area (Å²) < 4.78 is 5.32. The number of aliphatic hydroxyl groups excluding tert-OH is 1. The topological polar surface area (TPSA) is 79.7 Å². The molecule has 0 bridgehead atoms. The minimum Gasteiger partial charge on any atom is -0.508 e. The predicted octanol–water partition coefficient (Wildman–Crippen LogP) is 4.34. The molecule has 0 spiro atoms. The number of phenolic OH excluding ortho intramolecular Hbond substituents is 1. The molecule has 0 unspecified atom stereocenters. The number of fused-ring (bicyclic) bond motifs is 1. The summed E-state index contributed by atoms with van der Waals surface area (Å²) in [6.45, 7) is -0.121. The molecule has 0 radical (unpaired) electrons. The first-order valence-electron chi connectivity index (χ1n) is 9.12. The Hall–Kier alpha value is -3.70. The Balaban J connectivity index is 1.88. The Morgan fingerprint density at radius 2 is 1.76 bits per heavy atom. The number of aromatic nitrogens is 1. The number of aliphatic hydroxyl groups is 1. The molecule has 3 aromatic carbocycles. The second-order valence-corrected chi connectivity index (χ2v) is 6.68. The first-order valence-corrected chi connectivity index (χ1v) is 9.12. The Bertz CT molecular complexity index is 1220. The lowest BCUT2D eigenvalue weighted by molar-refractivity contribution is 0.103. The van der Waals surface area contributed by atoms with E-state index >= 15 is 0 Å². The van der Waals surface area contributed by atoms with Gasteiger partial charge in [0.05, 0.1) is 19.2 Å². The Labute approximate surface area is 167 Å². The fraction of sp³-hybridized carbons (Fsp3) is 0.0833. The molecule has 0 aliphatic carbocycles. The number of aromatic hydroxyl groups is 1. The Kier molecular flexibility index (Phi) is 4.97. The van der Waals surface area contributed by atoms with Gasteiger partial charge in [-0.1, -0.05) is 30.3 Å². The van der Waals surface area contributed by atoms with Crippen LogP contribution in [0.3, 0.4) is 0 Å². The first kappa shape index (κ1) is 18.7. The SMILES string of the molecule is COc1cc(-c2cccc(O)c2)c2cc(C(=O)c3cccc(CO)c3)ccc2n1. The van der Waals surface area contributed by atoms with E-state index in [-0.39, 0.29) is 18.1 Å². The molecule has 29 heavy (non-hydrogen) atoms. The predicted molar refractivity (Wildman–Crippen MR) is 111 cm³/mol. The number of ether oxygens (including phenoxy) is 1. The van der Waals surface area contributed by atoms with Crippen LogP contribution in [-0.4, -0.2) is 28.1 Å². The van der Waals surface area contributed by atoms with Crippen molar-refractivity contribution in [2.75, 3.05) is 7.11 Å². The molecule has 0 aliphatic heterocycles. The van der Waals surface area contributed by atoms with Crippen molar-refractivity contribution >= 4 is 16.7 Å². The van der Waals surface area contributed by atoms with Gasteiger partial charge in [0.2, 0.25) is 5.88 Å². The van der Waals surface area contributed by atoms with Gasteiger partial charge in [-0.05, 0) is 53.1 Å². The third kappa shape index (κ3) is 3.68. The van der Waals surface area contributed by atoms with Crippen molar-refractivity contribution in [3.63, 3.8) is 0 Å². The molecule has 1 heterocycles. The van der Waals surface area contributed by atoms with Crippen LogP contribution in [0.25, 0.3) is 22.0 Å². The summed E-state index contributed by atoms with van der Waals surface area (Å²) in [6.07, 6.45) is 0. The van der Waals surface area contributed by atoms with E-state index in [1.165, 1.54) is 0 Å². The van der Waals surface area contributed by atoms with E-state index in [4.69, 9.17) is 4.74 Å². The minimum atomic E-state index is -0.139. The number of methoxy groups -OCH3 is 1. The highest BCUT2D eigenvalue weighted by Crippen LogP contribution is 2.33. The molecule has 5 nitrogen and oxygen atoms in total. The molecule has 0 saturated heterocycles. The van der Waals surface area contributed by atoms with E-state index < -0.39 is 0 Å². The van der Waals surface area contributed by atoms with Crippen molar-refractivity contribution in [3.05, 3.63) is 89.5 Å². The molecule has 0 fully saturated rings. The maximum atomic E-state index is 13.0. The molecule has 2 N–H and O–H groups in total. The van der Waals surface area contributed by atoms with Crippen molar-refractivity contribution in [3.8, 4) is 22.8 Å². The summed E-state index contributed by atoms with van der Waals surface area (Å²) in [6, 6.07) is 21.0. The highest BCUT2D eigenvalue weighted by molar-refractivity contribution is 6.11. The van der Waals surface area contributed by atoms with Crippen molar-refractivity contribution in [1.82, 2.24) is 4.98 Å². The van der Waals surface area contributed by atoms with Crippen LogP contribution in [0.15, 0.2) is 72.8 Å². The molecule has 144 valence electrons. The van der Waals surface area contributed by atoms with Crippen LogP contribution in [0.5, 0.6) is 11.6 Å². The molecule has 0 saturated carbocycles. The lowest BCUT2D eigenvalue weighted by Gasteiger charge is -2.11. The van der Waals surface area contributed by atoms with E-state index in [0.29, 0.717) is 28.1 Å². The van der Waals surface area contributed by atoms with Crippen LogP contribution in [0.2, 0.25) is 0 Å². The van der Waals surface area contributed by atoms with Crippen molar-refractivity contribution in [2.24, 2.45) is 0 Å². The largest absolute Gasteiger partial charge is 0.508 e. The van der Waals surface area contributed by atoms with Crippen LogP contribution >= 0.6 is 0 Å². The van der Waals surface area contributed by atoms with Crippen molar-refractivity contribution < 1.29 is 19.7 Å². The van der Waals surface area contributed by atoms with Crippen LogP contribution in [0.1, 0.15) is 21.5 Å². The van der Waals surface area contributed by atoms with Crippen LogP contribution in [0.4, 0.5) is 0 Å². The standard InChI is InChI=1S/C24H19NO4/c1-29-23-13-20(16-5-3-7-19(27)11-16)21-12-18(8-9-22(21)25-23)24(28)17-6-2-4-15(10-17)14-26/h2-13,26-27H,14H2,1H3. The fourth-order valence-corrected chi connectivity index (χ4v) is 3.34. The number of ketones is 1. The Morgan fingerprint density at radius 3 is 2.52 bits per heavy atom. The number of nitrogens with zero attached hydrogens (tertiary/aromatic N) is 1. The van der Waals surface area contributed by atoms with Gasteiger partial charge in [-0.3, -0.25) is 4.79 Å². The summed E-state index contributed by atoms with van der Waals surface area (Å²) in [4.78, 5) is 17.5. The molecule has 1 aromatic heterocycles. The average molecular weight is 385 g/mol. The quantitative estimate of drug-likeness (QED) is 0.500. The van der Waals surface area contributed by atoms with Gasteiger partial charge >= 0.3 is 0 Å². The minimum absolute atomic E-state index is 0.121. The lowest BCUT2D eigenvalue weighted by Crippen LogP contribution is -2.02.